The summed E-state index contributed by atoms with van der Waals surface area (Å²) in [6, 6.07) is -0.577. The fraction of sp³-hybridized carbons (Fsp3) is 0.750. The topological polar surface area (TPSA) is 72.2 Å². The summed E-state index contributed by atoms with van der Waals surface area (Å²) < 4.78 is 0. The monoisotopic (exact) mass is 172 g/mol. The van der Waals surface area contributed by atoms with Gasteiger partial charge >= 0.3 is 6.03 Å². The molecule has 70 valence electrons. The Morgan fingerprint density at radius 1 is 1.50 bits per heavy atom. The first kappa shape index (κ1) is 10.9. The van der Waals surface area contributed by atoms with Crippen LogP contribution in [0, 0.1) is 5.92 Å². The zero-order valence-electron chi connectivity index (χ0n) is 7.59. The van der Waals surface area contributed by atoms with Crippen molar-refractivity contribution in [3.8, 4) is 0 Å². The second kappa shape index (κ2) is 5.57. The summed E-state index contributed by atoms with van der Waals surface area (Å²) in [5.74, 6) is 0.255. The maximum absolute atomic E-state index is 11.2. The fourth-order valence-corrected chi connectivity index (χ4v) is 0.783. The minimum absolute atomic E-state index is 0.0830. The molecule has 0 aromatic rings. The summed E-state index contributed by atoms with van der Waals surface area (Å²) in [4.78, 5) is 21.4. The third kappa shape index (κ3) is 4.71. The molecule has 3 N–H and O–H groups in total. The van der Waals surface area contributed by atoms with Gasteiger partial charge in [-0.3, -0.25) is 4.79 Å². The lowest BCUT2D eigenvalue weighted by Crippen LogP contribution is -2.31. The van der Waals surface area contributed by atoms with Crippen molar-refractivity contribution in [2.24, 2.45) is 11.7 Å². The molecule has 0 saturated carbocycles. The van der Waals surface area contributed by atoms with Crippen molar-refractivity contribution in [3.63, 3.8) is 0 Å². The van der Waals surface area contributed by atoms with Gasteiger partial charge in [0.15, 0.2) is 0 Å². The van der Waals surface area contributed by atoms with Gasteiger partial charge in [-0.15, -0.1) is 0 Å². The van der Waals surface area contributed by atoms with Gasteiger partial charge < -0.3 is 11.1 Å². The van der Waals surface area contributed by atoms with Gasteiger partial charge in [0.05, 0.1) is 0 Å². The second-order valence-electron chi connectivity index (χ2n) is 2.82. The van der Waals surface area contributed by atoms with E-state index in [4.69, 9.17) is 5.73 Å². The number of carbonyl (C=O) groups is 2. The molecule has 0 fully saturated rings. The normalized spacial score (nSPS) is 12.2. The third-order valence-corrected chi connectivity index (χ3v) is 1.83. The number of primary amides is 1. The molecule has 0 aliphatic heterocycles. The van der Waals surface area contributed by atoms with Crippen LogP contribution >= 0.6 is 0 Å². The van der Waals surface area contributed by atoms with Gasteiger partial charge in [-0.25, -0.2) is 4.79 Å². The zero-order chi connectivity index (χ0) is 9.56. The number of urea groups is 1. The number of hydrogen-bond acceptors (Lipinski definition) is 2. The largest absolute Gasteiger partial charge is 0.352 e. The first-order valence-electron chi connectivity index (χ1n) is 4.14. The van der Waals surface area contributed by atoms with Crippen molar-refractivity contribution in [1.82, 2.24) is 5.32 Å². The molecule has 0 aromatic heterocycles. The number of Topliss-reactive ketones (excluding diaryl/α,β-unsaturated/α-hetero) is 1. The molecule has 0 spiro atoms. The van der Waals surface area contributed by atoms with Gasteiger partial charge in [-0.05, 0) is 6.42 Å². The Morgan fingerprint density at radius 3 is 2.50 bits per heavy atom. The average Bonchev–Trinajstić information content (AvgIpc) is 2.02. The van der Waals surface area contributed by atoms with Crippen LogP contribution in [-0.2, 0) is 4.79 Å². The van der Waals surface area contributed by atoms with Gasteiger partial charge in [0.1, 0.15) is 5.78 Å². The van der Waals surface area contributed by atoms with Crippen molar-refractivity contribution >= 4 is 11.8 Å². The molecule has 0 rings (SSSR count). The molecule has 0 aliphatic rings. The van der Waals surface area contributed by atoms with Crippen LogP contribution < -0.4 is 11.1 Å². The van der Waals surface area contributed by atoms with E-state index < -0.39 is 6.03 Å². The molecular formula is C8H16N2O2. The van der Waals surface area contributed by atoms with Crippen molar-refractivity contribution in [3.05, 3.63) is 0 Å². The Bertz CT molecular complexity index is 168. The molecule has 1 atom stereocenters. The van der Waals surface area contributed by atoms with Crippen LogP contribution in [-0.4, -0.2) is 18.4 Å². The molecule has 0 aliphatic carbocycles. The number of amides is 2. The van der Waals surface area contributed by atoms with Crippen LogP contribution in [0.15, 0.2) is 0 Å². The minimum atomic E-state index is -0.577. The van der Waals surface area contributed by atoms with Crippen LogP contribution in [0.2, 0.25) is 0 Å². The molecule has 0 saturated heterocycles. The molecular weight excluding hydrogens is 156 g/mol. The quantitative estimate of drug-likeness (QED) is 0.639. The van der Waals surface area contributed by atoms with E-state index in [0.29, 0.717) is 13.0 Å². The number of rotatable bonds is 5. The lowest BCUT2D eigenvalue weighted by molar-refractivity contribution is -0.122. The molecule has 0 heterocycles. The van der Waals surface area contributed by atoms with Crippen molar-refractivity contribution in [2.45, 2.75) is 26.7 Å². The summed E-state index contributed by atoms with van der Waals surface area (Å²) >= 11 is 0. The van der Waals surface area contributed by atoms with Gasteiger partial charge in [0, 0.05) is 18.9 Å². The Morgan fingerprint density at radius 2 is 2.08 bits per heavy atom. The van der Waals surface area contributed by atoms with Crippen LogP contribution in [0.25, 0.3) is 0 Å². The Balaban J connectivity index is 3.50. The SMILES string of the molecule is CCC(C)C(=O)CCNC(N)=O. The number of hydrogen-bond donors (Lipinski definition) is 2. The molecule has 0 aromatic carbocycles. The summed E-state index contributed by atoms with van der Waals surface area (Å²) in [5, 5.41) is 2.37. The second-order valence-corrected chi connectivity index (χ2v) is 2.82. The number of ketones is 1. The zero-order valence-corrected chi connectivity index (χ0v) is 7.59. The lowest BCUT2D eigenvalue weighted by Gasteiger charge is -2.06. The fourth-order valence-electron chi connectivity index (χ4n) is 0.783. The van der Waals surface area contributed by atoms with Crippen LogP contribution in [0.5, 0.6) is 0 Å². The van der Waals surface area contributed by atoms with E-state index in [1.807, 2.05) is 13.8 Å². The van der Waals surface area contributed by atoms with E-state index in [0.717, 1.165) is 6.42 Å². The van der Waals surface area contributed by atoms with Gasteiger partial charge in [0.25, 0.3) is 0 Å². The highest BCUT2D eigenvalue weighted by atomic mass is 16.2. The van der Waals surface area contributed by atoms with Crippen molar-refractivity contribution in [2.75, 3.05) is 6.54 Å². The average molecular weight is 172 g/mol. The van der Waals surface area contributed by atoms with Crippen LogP contribution in [0.3, 0.4) is 0 Å². The summed E-state index contributed by atoms with van der Waals surface area (Å²) in [6.45, 7) is 4.19. The van der Waals surface area contributed by atoms with E-state index in [1.54, 1.807) is 0 Å². The molecule has 2 amide bonds. The lowest BCUT2D eigenvalue weighted by atomic mass is 10.0. The van der Waals surface area contributed by atoms with Crippen LogP contribution in [0.1, 0.15) is 26.7 Å². The highest BCUT2D eigenvalue weighted by Gasteiger charge is 2.09. The van der Waals surface area contributed by atoms with Crippen LogP contribution in [0.4, 0.5) is 4.79 Å². The maximum Gasteiger partial charge on any atom is 0.312 e. The highest BCUT2D eigenvalue weighted by Crippen LogP contribution is 2.03. The number of nitrogens with two attached hydrogens (primary N) is 1. The molecule has 4 nitrogen and oxygen atoms in total. The maximum atomic E-state index is 11.2. The van der Waals surface area contributed by atoms with Crippen molar-refractivity contribution < 1.29 is 9.59 Å². The summed E-state index contributed by atoms with van der Waals surface area (Å²) in [7, 11) is 0. The molecule has 0 radical (unpaired) electrons. The van der Waals surface area contributed by atoms with Gasteiger partial charge in [0.2, 0.25) is 0 Å². The van der Waals surface area contributed by atoms with Gasteiger partial charge in [-0.1, -0.05) is 13.8 Å². The Hall–Kier alpha value is -1.06. The minimum Gasteiger partial charge on any atom is -0.352 e. The smallest absolute Gasteiger partial charge is 0.312 e. The molecule has 12 heavy (non-hydrogen) atoms. The first-order chi connectivity index (χ1) is 5.57. The Labute approximate surface area is 72.5 Å². The standard InChI is InChI=1S/C8H16N2O2/c1-3-6(2)7(11)4-5-10-8(9)12/h6H,3-5H2,1-2H3,(H3,9,10,12). The predicted octanol–water partition coefficient (Wildman–Crippen LogP) is 0.660. The molecule has 1 unspecified atom stereocenters. The Kier molecular flexibility index (Phi) is 5.08. The third-order valence-electron chi connectivity index (χ3n) is 1.83. The molecule has 4 heteroatoms. The summed E-state index contributed by atoms with van der Waals surface area (Å²) in [6.07, 6.45) is 1.22. The highest BCUT2D eigenvalue weighted by molar-refractivity contribution is 5.81. The van der Waals surface area contributed by atoms with E-state index in [9.17, 15) is 9.59 Å². The van der Waals surface area contributed by atoms with E-state index >= 15 is 0 Å². The number of nitrogens with one attached hydrogen (secondary N) is 1. The van der Waals surface area contributed by atoms with E-state index in [-0.39, 0.29) is 11.7 Å². The number of carbonyl (C=O) groups excluding carboxylic acids is 2. The van der Waals surface area contributed by atoms with Gasteiger partial charge in [-0.2, -0.15) is 0 Å². The van der Waals surface area contributed by atoms with E-state index in [1.165, 1.54) is 0 Å². The summed E-state index contributed by atoms with van der Waals surface area (Å²) in [5.41, 5.74) is 4.83. The first-order valence-corrected chi connectivity index (χ1v) is 4.14. The predicted molar refractivity (Wildman–Crippen MR) is 46.7 cm³/mol. The molecule has 0 bridgehead atoms. The van der Waals surface area contributed by atoms with E-state index in [2.05, 4.69) is 5.32 Å². The van der Waals surface area contributed by atoms with Crippen molar-refractivity contribution in [1.29, 1.82) is 0 Å².